The Morgan fingerprint density at radius 2 is 1.83 bits per heavy atom. The number of carboxylic acids is 1. The normalized spacial score (nSPS) is 14.9. The van der Waals surface area contributed by atoms with Gasteiger partial charge in [0, 0.05) is 24.2 Å². The van der Waals surface area contributed by atoms with Crippen molar-refractivity contribution >= 4 is 28.9 Å². The number of rotatable bonds is 7. The Morgan fingerprint density at radius 1 is 1.07 bits per heavy atom. The molecule has 6 heteroatoms. The Balaban J connectivity index is 1.56. The zero-order chi connectivity index (χ0) is 21.1. The number of ether oxygens (including phenoxy) is 1. The Kier molecular flexibility index (Phi) is 5.68. The van der Waals surface area contributed by atoms with Gasteiger partial charge in [-0.2, -0.15) is 0 Å². The average Bonchev–Trinajstić information content (AvgIpc) is 3.11. The van der Waals surface area contributed by atoms with Crippen LogP contribution in [-0.2, 0) is 24.4 Å². The van der Waals surface area contributed by atoms with Crippen molar-refractivity contribution in [2.24, 2.45) is 5.73 Å². The molecule has 3 N–H and O–H groups in total. The van der Waals surface area contributed by atoms with Gasteiger partial charge in [0.2, 0.25) is 0 Å². The largest absolute Gasteiger partial charge is 0.489 e. The van der Waals surface area contributed by atoms with Gasteiger partial charge in [-0.15, -0.1) is 0 Å². The molecule has 30 heavy (non-hydrogen) atoms. The van der Waals surface area contributed by atoms with E-state index < -0.39 is 12.0 Å². The number of hydrogen-bond acceptors (Lipinski definition) is 4. The molecule has 0 aromatic heterocycles. The molecule has 0 unspecified atom stereocenters. The molecule has 1 aliphatic heterocycles. The maximum atomic E-state index is 11.9. The Labute approximate surface area is 180 Å². The van der Waals surface area contributed by atoms with Crippen molar-refractivity contribution in [2.75, 3.05) is 4.90 Å². The molecule has 0 saturated heterocycles. The molecular formula is C24H22N2O3S. The standard InChI is InChI=1S/C24H22N2O3S/c25-23(30)18-8-4-7-17(11-18)14-26-21-10-9-20(12-19(21)13-22(26)24(27)28)29-15-16-5-2-1-3-6-16/h1-12,22H,13-15H2,(H2,25,30)(H,27,28)/t22-/m1/s1. The topological polar surface area (TPSA) is 75.8 Å². The Morgan fingerprint density at radius 3 is 2.57 bits per heavy atom. The summed E-state index contributed by atoms with van der Waals surface area (Å²) in [6, 6.07) is 22.7. The number of carboxylic acid groups (broad SMARTS) is 1. The molecule has 1 aliphatic rings. The highest BCUT2D eigenvalue weighted by Gasteiger charge is 2.34. The van der Waals surface area contributed by atoms with Crippen LogP contribution in [0.15, 0.2) is 72.8 Å². The summed E-state index contributed by atoms with van der Waals surface area (Å²) in [5.74, 6) is -0.109. The van der Waals surface area contributed by atoms with Crippen molar-refractivity contribution < 1.29 is 14.6 Å². The fourth-order valence-electron chi connectivity index (χ4n) is 3.76. The lowest BCUT2D eigenvalue weighted by molar-refractivity contribution is -0.138. The molecular weight excluding hydrogens is 396 g/mol. The molecule has 0 saturated carbocycles. The van der Waals surface area contributed by atoms with Crippen molar-refractivity contribution in [1.82, 2.24) is 0 Å². The van der Waals surface area contributed by atoms with Crippen LogP contribution in [0.1, 0.15) is 22.3 Å². The first kappa shape index (κ1) is 19.9. The van der Waals surface area contributed by atoms with Gasteiger partial charge in [-0.25, -0.2) is 4.79 Å². The van der Waals surface area contributed by atoms with E-state index in [1.807, 2.05) is 77.7 Å². The van der Waals surface area contributed by atoms with E-state index in [4.69, 9.17) is 22.7 Å². The predicted octanol–water partition coefficient (Wildman–Crippen LogP) is 3.92. The van der Waals surface area contributed by atoms with Crippen LogP contribution in [0.25, 0.3) is 0 Å². The van der Waals surface area contributed by atoms with Gasteiger partial charge in [0.1, 0.15) is 23.4 Å². The summed E-state index contributed by atoms with van der Waals surface area (Å²) in [6.07, 6.45) is 0.433. The van der Waals surface area contributed by atoms with Crippen LogP contribution >= 0.6 is 12.2 Å². The van der Waals surface area contributed by atoms with Gasteiger partial charge in [-0.3, -0.25) is 0 Å². The summed E-state index contributed by atoms with van der Waals surface area (Å²) in [5, 5.41) is 9.78. The van der Waals surface area contributed by atoms with Gasteiger partial charge in [-0.05, 0) is 41.0 Å². The monoisotopic (exact) mass is 418 g/mol. The van der Waals surface area contributed by atoms with Crippen LogP contribution < -0.4 is 15.4 Å². The molecule has 0 fully saturated rings. The summed E-state index contributed by atoms with van der Waals surface area (Å²) in [4.78, 5) is 14.2. The lowest BCUT2D eigenvalue weighted by Gasteiger charge is -2.25. The number of nitrogens with two attached hydrogens (primary N) is 1. The molecule has 1 heterocycles. The van der Waals surface area contributed by atoms with Crippen molar-refractivity contribution in [3.8, 4) is 5.75 Å². The number of aliphatic carboxylic acids is 1. The van der Waals surface area contributed by atoms with Gasteiger partial charge >= 0.3 is 5.97 Å². The van der Waals surface area contributed by atoms with Gasteiger partial charge < -0.3 is 20.5 Å². The number of fused-ring (bicyclic) bond motifs is 1. The third kappa shape index (κ3) is 4.28. The van der Waals surface area contributed by atoms with Crippen molar-refractivity contribution in [1.29, 1.82) is 0 Å². The summed E-state index contributed by atoms with van der Waals surface area (Å²) in [6.45, 7) is 0.933. The molecule has 3 aromatic carbocycles. The number of carbonyl (C=O) groups is 1. The minimum absolute atomic E-state index is 0.327. The van der Waals surface area contributed by atoms with Gasteiger partial charge in [0.15, 0.2) is 0 Å². The number of anilines is 1. The first-order valence-corrected chi connectivity index (χ1v) is 10.1. The van der Waals surface area contributed by atoms with Crippen molar-refractivity contribution in [3.63, 3.8) is 0 Å². The minimum atomic E-state index is -0.844. The lowest BCUT2D eigenvalue weighted by Crippen LogP contribution is -2.38. The van der Waals surface area contributed by atoms with E-state index in [-0.39, 0.29) is 0 Å². The van der Waals surface area contributed by atoms with Gasteiger partial charge in [-0.1, -0.05) is 60.7 Å². The van der Waals surface area contributed by atoms with E-state index in [0.717, 1.165) is 33.7 Å². The molecule has 0 radical (unpaired) electrons. The molecule has 152 valence electrons. The summed E-state index contributed by atoms with van der Waals surface area (Å²) in [5.41, 5.74) is 10.4. The highest BCUT2D eigenvalue weighted by Crippen LogP contribution is 2.36. The number of thiocarbonyl (C=S) groups is 1. The molecule has 3 aromatic rings. The van der Waals surface area contributed by atoms with E-state index in [1.165, 1.54) is 0 Å². The molecule has 0 spiro atoms. The van der Waals surface area contributed by atoms with Crippen LogP contribution in [0.5, 0.6) is 5.75 Å². The fourth-order valence-corrected chi connectivity index (χ4v) is 3.89. The van der Waals surface area contributed by atoms with Crippen molar-refractivity contribution in [2.45, 2.75) is 25.6 Å². The SMILES string of the molecule is NC(=S)c1cccc(CN2c3ccc(OCc4ccccc4)cc3C[C@@H]2C(=O)O)c1. The summed E-state index contributed by atoms with van der Waals surface area (Å²) < 4.78 is 5.91. The van der Waals surface area contributed by atoms with E-state index >= 15 is 0 Å². The summed E-state index contributed by atoms with van der Waals surface area (Å²) in [7, 11) is 0. The molecule has 0 bridgehead atoms. The smallest absolute Gasteiger partial charge is 0.326 e. The van der Waals surface area contributed by atoms with Crippen LogP contribution in [0, 0.1) is 0 Å². The van der Waals surface area contributed by atoms with E-state index in [1.54, 1.807) is 0 Å². The predicted molar refractivity (Wildman–Crippen MR) is 121 cm³/mol. The van der Waals surface area contributed by atoms with Crippen molar-refractivity contribution in [3.05, 3.63) is 95.1 Å². The van der Waals surface area contributed by atoms with E-state index in [2.05, 4.69) is 0 Å². The first-order chi connectivity index (χ1) is 14.5. The van der Waals surface area contributed by atoms with Crippen LogP contribution in [0.2, 0.25) is 0 Å². The van der Waals surface area contributed by atoms with Crippen LogP contribution in [0.3, 0.4) is 0 Å². The first-order valence-electron chi connectivity index (χ1n) is 9.69. The highest BCUT2D eigenvalue weighted by molar-refractivity contribution is 7.80. The third-order valence-electron chi connectivity index (χ3n) is 5.25. The second kappa shape index (κ2) is 8.55. The Bertz CT molecular complexity index is 1080. The molecule has 0 aliphatic carbocycles. The van der Waals surface area contributed by atoms with Crippen LogP contribution in [-0.4, -0.2) is 22.1 Å². The third-order valence-corrected chi connectivity index (χ3v) is 5.48. The summed E-state index contributed by atoms with van der Waals surface area (Å²) >= 11 is 5.06. The van der Waals surface area contributed by atoms with E-state index in [0.29, 0.717) is 24.6 Å². The second-order valence-electron chi connectivity index (χ2n) is 7.32. The maximum absolute atomic E-state index is 11.9. The maximum Gasteiger partial charge on any atom is 0.326 e. The Hall–Kier alpha value is -3.38. The molecule has 4 rings (SSSR count). The fraction of sp³-hybridized carbons (Fsp3) is 0.167. The minimum Gasteiger partial charge on any atom is -0.489 e. The molecule has 5 nitrogen and oxygen atoms in total. The number of hydrogen-bond donors (Lipinski definition) is 2. The van der Waals surface area contributed by atoms with Gasteiger partial charge in [0.05, 0.1) is 0 Å². The lowest BCUT2D eigenvalue weighted by atomic mass is 10.1. The second-order valence-corrected chi connectivity index (χ2v) is 7.76. The van der Waals surface area contributed by atoms with Crippen LogP contribution in [0.4, 0.5) is 5.69 Å². The quantitative estimate of drug-likeness (QED) is 0.567. The average molecular weight is 419 g/mol. The van der Waals surface area contributed by atoms with Gasteiger partial charge in [0.25, 0.3) is 0 Å². The zero-order valence-electron chi connectivity index (χ0n) is 16.3. The highest BCUT2D eigenvalue weighted by atomic mass is 32.1. The molecule has 1 atom stereocenters. The number of nitrogens with zero attached hydrogens (tertiary/aromatic N) is 1. The zero-order valence-corrected chi connectivity index (χ0v) is 17.1. The number of benzene rings is 3. The molecule has 0 amide bonds. The van der Waals surface area contributed by atoms with E-state index in [9.17, 15) is 9.90 Å².